The van der Waals surface area contributed by atoms with E-state index in [1.54, 1.807) is 6.20 Å². The van der Waals surface area contributed by atoms with Crippen molar-refractivity contribution in [1.29, 1.82) is 0 Å². The normalized spacial score (nSPS) is 24.5. The number of H-pyrrole nitrogens is 1. The molecule has 0 radical (unpaired) electrons. The number of pyridine rings is 1. The molecule has 1 aliphatic rings. The Labute approximate surface area is 117 Å². The van der Waals surface area contributed by atoms with Crippen molar-refractivity contribution in [2.24, 2.45) is 0 Å². The zero-order valence-corrected chi connectivity index (χ0v) is 11.9. The summed E-state index contributed by atoms with van der Waals surface area (Å²) in [6.07, 6.45) is 6.73. The minimum atomic E-state index is -0.324. The molecule has 0 bridgehead atoms. The first-order valence-electron chi connectivity index (χ1n) is 6.92. The van der Waals surface area contributed by atoms with E-state index >= 15 is 0 Å². The number of aliphatic hydroxyl groups excluding tert-OH is 1. The monoisotopic (exact) mass is 277 g/mol. The van der Waals surface area contributed by atoms with Gasteiger partial charge < -0.3 is 10.1 Å². The first-order valence-corrected chi connectivity index (χ1v) is 7.33. The Bertz CT molecular complexity index is 646. The molecule has 0 aliphatic heterocycles. The third kappa shape index (κ3) is 2.21. The largest absolute Gasteiger partial charge is 0.391 e. The molecule has 19 heavy (non-hydrogen) atoms. The van der Waals surface area contributed by atoms with Gasteiger partial charge in [0.15, 0.2) is 10.4 Å². The van der Waals surface area contributed by atoms with Crippen LogP contribution in [0.4, 0.5) is 0 Å². The van der Waals surface area contributed by atoms with Crippen molar-refractivity contribution in [2.45, 2.75) is 51.2 Å². The Kier molecular flexibility index (Phi) is 3.41. The number of aromatic amines is 1. The van der Waals surface area contributed by atoms with E-state index in [0.29, 0.717) is 4.77 Å². The lowest BCUT2D eigenvalue weighted by Crippen LogP contribution is -2.23. The first kappa shape index (κ1) is 12.8. The number of imidazole rings is 1. The average Bonchev–Trinajstić information content (AvgIpc) is 2.57. The molecule has 0 amide bonds. The number of aromatic nitrogens is 3. The van der Waals surface area contributed by atoms with Crippen LogP contribution in [0, 0.1) is 11.7 Å². The summed E-state index contributed by atoms with van der Waals surface area (Å²) in [7, 11) is 0. The van der Waals surface area contributed by atoms with Crippen LogP contribution in [-0.2, 0) is 0 Å². The van der Waals surface area contributed by atoms with Gasteiger partial charge in [0.2, 0.25) is 0 Å². The molecule has 0 saturated heterocycles. The SMILES string of the molecule is Cc1ccnc2c1[nH]c(=S)n2C1CCCCCC1O. The van der Waals surface area contributed by atoms with Crippen molar-refractivity contribution in [2.75, 3.05) is 0 Å². The molecule has 5 heteroatoms. The lowest BCUT2D eigenvalue weighted by molar-refractivity contribution is 0.106. The number of rotatable bonds is 1. The van der Waals surface area contributed by atoms with Crippen LogP contribution in [-0.4, -0.2) is 25.7 Å². The number of hydrogen-bond donors (Lipinski definition) is 2. The molecule has 2 aromatic heterocycles. The minimum absolute atomic E-state index is 0.0537. The molecule has 2 heterocycles. The van der Waals surface area contributed by atoms with Crippen molar-refractivity contribution in [3.8, 4) is 0 Å². The molecule has 3 rings (SSSR count). The van der Waals surface area contributed by atoms with Crippen LogP contribution in [0.2, 0.25) is 0 Å². The number of nitrogens with zero attached hydrogens (tertiary/aromatic N) is 2. The highest BCUT2D eigenvalue weighted by Gasteiger charge is 2.26. The van der Waals surface area contributed by atoms with Crippen LogP contribution in [0.15, 0.2) is 12.3 Å². The molecular formula is C14H19N3OS. The molecule has 0 aromatic carbocycles. The Morgan fingerprint density at radius 2 is 2.16 bits per heavy atom. The molecule has 1 aliphatic carbocycles. The van der Waals surface area contributed by atoms with Crippen LogP contribution >= 0.6 is 12.2 Å². The Hall–Kier alpha value is -1.20. The summed E-state index contributed by atoms with van der Waals surface area (Å²) in [6.45, 7) is 2.04. The first-order chi connectivity index (χ1) is 9.18. The van der Waals surface area contributed by atoms with Gasteiger partial charge in [-0.3, -0.25) is 4.57 Å². The third-order valence-electron chi connectivity index (χ3n) is 4.09. The molecule has 1 fully saturated rings. The summed E-state index contributed by atoms with van der Waals surface area (Å²) in [6, 6.07) is 2.03. The van der Waals surface area contributed by atoms with Gasteiger partial charge in [-0.2, -0.15) is 0 Å². The van der Waals surface area contributed by atoms with Gasteiger partial charge >= 0.3 is 0 Å². The maximum atomic E-state index is 10.4. The lowest BCUT2D eigenvalue weighted by atomic mass is 10.1. The average molecular weight is 277 g/mol. The Morgan fingerprint density at radius 3 is 3.00 bits per heavy atom. The number of aliphatic hydroxyl groups is 1. The smallest absolute Gasteiger partial charge is 0.179 e. The minimum Gasteiger partial charge on any atom is -0.391 e. The van der Waals surface area contributed by atoms with Gasteiger partial charge in [-0.1, -0.05) is 19.3 Å². The van der Waals surface area contributed by atoms with Crippen LogP contribution in [0.25, 0.3) is 11.2 Å². The molecule has 2 atom stereocenters. The molecule has 2 aromatic rings. The van der Waals surface area contributed by atoms with Crippen LogP contribution in [0.5, 0.6) is 0 Å². The Balaban J connectivity index is 2.16. The van der Waals surface area contributed by atoms with E-state index in [0.717, 1.165) is 42.4 Å². The van der Waals surface area contributed by atoms with E-state index in [1.165, 1.54) is 6.42 Å². The fraction of sp³-hybridized carbons (Fsp3) is 0.571. The van der Waals surface area contributed by atoms with E-state index in [-0.39, 0.29) is 12.1 Å². The van der Waals surface area contributed by atoms with E-state index in [9.17, 15) is 5.11 Å². The number of aryl methyl sites for hydroxylation is 1. The predicted molar refractivity (Wildman–Crippen MR) is 77.8 cm³/mol. The number of nitrogens with one attached hydrogen (secondary N) is 1. The molecule has 1 saturated carbocycles. The third-order valence-corrected chi connectivity index (χ3v) is 4.39. The van der Waals surface area contributed by atoms with Crippen LogP contribution < -0.4 is 0 Å². The maximum Gasteiger partial charge on any atom is 0.179 e. The molecule has 0 spiro atoms. The second-order valence-corrected chi connectivity index (χ2v) is 5.79. The fourth-order valence-electron chi connectivity index (χ4n) is 3.02. The van der Waals surface area contributed by atoms with E-state index < -0.39 is 0 Å². The number of fused-ring (bicyclic) bond motifs is 1. The number of hydrogen-bond acceptors (Lipinski definition) is 3. The fourth-order valence-corrected chi connectivity index (χ4v) is 3.35. The summed E-state index contributed by atoms with van der Waals surface area (Å²) in [5.41, 5.74) is 3.00. The van der Waals surface area contributed by atoms with Crippen LogP contribution in [0.1, 0.15) is 43.7 Å². The summed E-state index contributed by atoms with van der Waals surface area (Å²) in [4.78, 5) is 7.69. The maximum absolute atomic E-state index is 10.4. The van der Waals surface area contributed by atoms with Crippen molar-refractivity contribution >= 4 is 23.4 Å². The van der Waals surface area contributed by atoms with Crippen molar-refractivity contribution in [3.05, 3.63) is 22.6 Å². The Morgan fingerprint density at radius 1 is 1.37 bits per heavy atom. The summed E-state index contributed by atoms with van der Waals surface area (Å²) < 4.78 is 2.69. The van der Waals surface area contributed by atoms with E-state index in [4.69, 9.17) is 12.2 Å². The van der Waals surface area contributed by atoms with Crippen molar-refractivity contribution in [3.63, 3.8) is 0 Å². The summed E-state index contributed by atoms with van der Waals surface area (Å²) in [5, 5.41) is 10.4. The van der Waals surface area contributed by atoms with Gasteiger partial charge in [0.1, 0.15) is 0 Å². The highest BCUT2D eigenvalue weighted by Crippen LogP contribution is 2.30. The zero-order valence-electron chi connectivity index (χ0n) is 11.1. The summed E-state index contributed by atoms with van der Waals surface area (Å²) >= 11 is 5.45. The van der Waals surface area contributed by atoms with Crippen LogP contribution in [0.3, 0.4) is 0 Å². The molecule has 2 N–H and O–H groups in total. The van der Waals surface area contributed by atoms with Gasteiger partial charge in [-0.15, -0.1) is 0 Å². The highest BCUT2D eigenvalue weighted by molar-refractivity contribution is 7.71. The standard InChI is InChI=1S/C14H19N3OS/c1-9-7-8-15-13-12(9)16-14(19)17(13)10-5-3-2-4-6-11(10)18/h7-8,10-11,18H,2-6H2,1H3,(H,16,19). The van der Waals surface area contributed by atoms with Gasteiger partial charge in [0, 0.05) is 6.20 Å². The topological polar surface area (TPSA) is 53.8 Å². The van der Waals surface area contributed by atoms with Crippen molar-refractivity contribution < 1.29 is 5.11 Å². The van der Waals surface area contributed by atoms with Gasteiger partial charge in [-0.25, -0.2) is 4.98 Å². The molecule has 2 unspecified atom stereocenters. The second-order valence-electron chi connectivity index (χ2n) is 5.40. The molecule has 4 nitrogen and oxygen atoms in total. The van der Waals surface area contributed by atoms with Gasteiger partial charge in [-0.05, 0) is 43.6 Å². The van der Waals surface area contributed by atoms with E-state index in [1.807, 2.05) is 17.6 Å². The predicted octanol–water partition coefficient (Wildman–Crippen LogP) is 3.27. The molecule has 102 valence electrons. The zero-order chi connectivity index (χ0) is 13.4. The lowest BCUT2D eigenvalue weighted by Gasteiger charge is -2.22. The van der Waals surface area contributed by atoms with Crippen molar-refractivity contribution in [1.82, 2.24) is 14.5 Å². The second kappa shape index (κ2) is 5.06. The molecular weight excluding hydrogens is 258 g/mol. The van der Waals surface area contributed by atoms with Gasteiger partial charge in [0.05, 0.1) is 17.7 Å². The van der Waals surface area contributed by atoms with E-state index in [2.05, 4.69) is 9.97 Å². The quantitative estimate of drug-likeness (QED) is 0.621. The van der Waals surface area contributed by atoms with Gasteiger partial charge in [0.25, 0.3) is 0 Å². The summed E-state index contributed by atoms with van der Waals surface area (Å²) in [5.74, 6) is 0. The highest BCUT2D eigenvalue weighted by atomic mass is 32.1.